The number of hydrogen-bond acceptors (Lipinski definition) is 2. The Morgan fingerprint density at radius 1 is 1.54 bits per heavy atom. The lowest BCUT2D eigenvalue weighted by molar-refractivity contribution is 0.0325. The molecule has 3 atom stereocenters. The molecule has 1 aliphatic carbocycles. The van der Waals surface area contributed by atoms with E-state index in [1.165, 1.54) is 0 Å². The van der Waals surface area contributed by atoms with E-state index in [1.54, 1.807) is 0 Å². The lowest BCUT2D eigenvalue weighted by Gasteiger charge is -2.17. The van der Waals surface area contributed by atoms with E-state index in [2.05, 4.69) is 0 Å². The molecule has 1 unspecified atom stereocenters. The Bertz CT molecular complexity index is 327. The van der Waals surface area contributed by atoms with Gasteiger partial charge in [0, 0.05) is 7.29 Å². The molecule has 2 nitrogen and oxygen atoms in total. The fraction of sp³-hybridized carbons (Fsp3) is 0.455. The van der Waals surface area contributed by atoms with Crippen LogP contribution < -0.4 is 0 Å². The van der Waals surface area contributed by atoms with Crippen molar-refractivity contribution in [3.8, 4) is 0 Å². The normalized spacial score (nSPS) is 29.5. The molecule has 2 heteroatoms. The van der Waals surface area contributed by atoms with Crippen LogP contribution in [-0.2, 0) is 6.42 Å². The fourth-order valence-corrected chi connectivity index (χ4v) is 1.95. The molecule has 2 rings (SSSR count). The fourth-order valence-electron chi connectivity index (χ4n) is 1.95. The van der Waals surface area contributed by atoms with Crippen molar-refractivity contribution in [2.24, 2.45) is 5.92 Å². The first-order valence-corrected chi connectivity index (χ1v) is 4.47. The lowest BCUT2D eigenvalue weighted by atomic mass is 9.98. The highest BCUT2D eigenvalue weighted by atomic mass is 16.3. The van der Waals surface area contributed by atoms with Gasteiger partial charge in [-0.15, -0.1) is 0 Å². The van der Waals surface area contributed by atoms with E-state index >= 15 is 0 Å². The molecule has 0 bridgehead atoms. The molecule has 0 saturated heterocycles. The maximum atomic E-state index is 9.90. The number of hydrogen-bond donors (Lipinski definition) is 2. The zero-order valence-corrected chi connectivity index (χ0v) is 7.35. The summed E-state index contributed by atoms with van der Waals surface area (Å²) in [6.07, 6.45) is -0.652. The summed E-state index contributed by atoms with van der Waals surface area (Å²) in [7, 11) is 0. The summed E-state index contributed by atoms with van der Waals surface area (Å²) in [6, 6.07) is 7.67. The molecule has 70 valence electrons. The van der Waals surface area contributed by atoms with Crippen LogP contribution >= 0.6 is 0 Å². The summed E-state index contributed by atoms with van der Waals surface area (Å²) >= 11 is 0. The van der Waals surface area contributed by atoms with Gasteiger partial charge in [-0.3, -0.25) is 0 Å². The second kappa shape index (κ2) is 3.13. The molecular formula is C11H14O2. The van der Waals surface area contributed by atoms with E-state index in [0.717, 1.165) is 11.1 Å². The highest BCUT2D eigenvalue weighted by molar-refractivity contribution is 5.34. The van der Waals surface area contributed by atoms with E-state index in [0.29, 0.717) is 6.42 Å². The maximum absolute atomic E-state index is 9.90. The van der Waals surface area contributed by atoms with E-state index in [1.807, 2.05) is 24.3 Å². The molecule has 13 heavy (non-hydrogen) atoms. The van der Waals surface area contributed by atoms with Crippen molar-refractivity contribution in [3.05, 3.63) is 35.4 Å². The third-order valence-corrected chi connectivity index (χ3v) is 2.73. The molecule has 0 aromatic heterocycles. The molecule has 2 N–H and O–H groups in total. The van der Waals surface area contributed by atoms with Crippen LogP contribution in [0.15, 0.2) is 24.3 Å². The summed E-state index contributed by atoms with van der Waals surface area (Å²) in [5.41, 5.74) is 2.00. The van der Waals surface area contributed by atoms with Gasteiger partial charge in [0.25, 0.3) is 0 Å². The van der Waals surface area contributed by atoms with Crippen LogP contribution in [-0.4, -0.2) is 16.3 Å². The van der Waals surface area contributed by atoms with Crippen molar-refractivity contribution in [2.75, 3.05) is 0 Å². The molecule has 0 aliphatic heterocycles. The van der Waals surface area contributed by atoms with Gasteiger partial charge < -0.3 is 10.2 Å². The van der Waals surface area contributed by atoms with Crippen molar-refractivity contribution in [3.63, 3.8) is 0 Å². The van der Waals surface area contributed by atoms with Crippen LogP contribution in [0.2, 0.25) is 0 Å². The summed E-state index contributed by atoms with van der Waals surface area (Å²) in [6.45, 7) is -0.0459. The Kier molecular flexibility index (Phi) is 1.81. The van der Waals surface area contributed by atoms with Crippen molar-refractivity contribution in [1.29, 1.82) is 0 Å². The smallest absolute Gasteiger partial charge is 0.0848 e. The zero-order chi connectivity index (χ0) is 10.1. The molecule has 0 saturated carbocycles. The van der Waals surface area contributed by atoms with Crippen molar-refractivity contribution < 1.29 is 11.6 Å². The Hall–Kier alpha value is -0.860. The van der Waals surface area contributed by atoms with Gasteiger partial charge in [0.15, 0.2) is 0 Å². The van der Waals surface area contributed by atoms with Gasteiger partial charge in [0.05, 0.1) is 12.2 Å². The van der Waals surface area contributed by atoms with Crippen LogP contribution in [0.1, 0.15) is 25.5 Å². The van der Waals surface area contributed by atoms with Gasteiger partial charge in [-0.25, -0.2) is 0 Å². The van der Waals surface area contributed by atoms with E-state index in [-0.39, 0.29) is 12.8 Å². The van der Waals surface area contributed by atoms with Crippen molar-refractivity contribution >= 4 is 0 Å². The van der Waals surface area contributed by atoms with Crippen molar-refractivity contribution in [1.82, 2.24) is 0 Å². The number of fused-ring (bicyclic) bond motifs is 1. The number of benzene rings is 1. The SMILES string of the molecule is [2H]CC(O)[C@H]1Cc2ccccc2[C@H]1O. The van der Waals surface area contributed by atoms with E-state index in [4.69, 9.17) is 1.37 Å². The van der Waals surface area contributed by atoms with Crippen LogP contribution in [0.5, 0.6) is 0 Å². The van der Waals surface area contributed by atoms with Gasteiger partial charge in [0.2, 0.25) is 0 Å². The van der Waals surface area contributed by atoms with Crippen LogP contribution in [0.4, 0.5) is 0 Å². The Balaban J connectivity index is 2.25. The molecule has 1 aliphatic rings. The monoisotopic (exact) mass is 179 g/mol. The highest BCUT2D eigenvalue weighted by Gasteiger charge is 2.33. The standard InChI is InChI=1S/C11H14O2/c1-7(12)10-6-8-4-2-3-5-9(8)11(10)13/h2-5,7,10-13H,6H2,1H3/t7?,10-,11-/m1/s1/i1D. The average molecular weight is 179 g/mol. The van der Waals surface area contributed by atoms with Crippen molar-refractivity contribution in [2.45, 2.75) is 25.5 Å². The molecule has 0 spiro atoms. The van der Waals surface area contributed by atoms with Gasteiger partial charge in [0.1, 0.15) is 0 Å². The minimum atomic E-state index is -0.725. The third kappa shape index (κ3) is 1.36. The quantitative estimate of drug-likeness (QED) is 0.681. The van der Waals surface area contributed by atoms with E-state index in [9.17, 15) is 10.2 Å². The molecule has 0 radical (unpaired) electrons. The average Bonchev–Trinajstić information content (AvgIpc) is 2.56. The lowest BCUT2D eigenvalue weighted by Crippen LogP contribution is -2.20. The third-order valence-electron chi connectivity index (χ3n) is 2.73. The summed E-state index contributed by atoms with van der Waals surface area (Å²) in [4.78, 5) is 0. The number of aliphatic hydroxyl groups excluding tert-OH is 2. The molecule has 1 aromatic carbocycles. The predicted molar refractivity (Wildman–Crippen MR) is 50.3 cm³/mol. The Morgan fingerprint density at radius 3 is 3.00 bits per heavy atom. The Labute approximate surface area is 79.2 Å². The van der Waals surface area contributed by atoms with Gasteiger partial charge in [-0.1, -0.05) is 24.3 Å². The first-order valence-electron chi connectivity index (χ1n) is 5.18. The molecule has 0 heterocycles. The predicted octanol–water partition coefficient (Wildman–Crippen LogP) is 1.27. The Morgan fingerprint density at radius 2 is 2.31 bits per heavy atom. The number of rotatable bonds is 1. The zero-order valence-electron chi connectivity index (χ0n) is 8.35. The maximum Gasteiger partial charge on any atom is 0.0848 e. The van der Waals surface area contributed by atoms with Gasteiger partial charge in [-0.2, -0.15) is 0 Å². The molecule has 0 fully saturated rings. The summed E-state index contributed by atoms with van der Waals surface area (Å²) in [5, 5.41) is 19.5. The topological polar surface area (TPSA) is 40.5 Å². The highest BCUT2D eigenvalue weighted by Crippen LogP contribution is 2.37. The van der Waals surface area contributed by atoms with Crippen LogP contribution in [0, 0.1) is 5.92 Å². The van der Waals surface area contributed by atoms with E-state index < -0.39 is 12.2 Å². The number of aliphatic hydroxyl groups is 2. The first kappa shape index (κ1) is 7.54. The van der Waals surface area contributed by atoms with Gasteiger partial charge >= 0.3 is 0 Å². The second-order valence-electron chi connectivity index (χ2n) is 3.58. The van der Waals surface area contributed by atoms with Gasteiger partial charge in [-0.05, 0) is 24.4 Å². The minimum absolute atomic E-state index is 0.0459. The molecule has 0 amide bonds. The minimum Gasteiger partial charge on any atom is -0.393 e. The second-order valence-corrected chi connectivity index (χ2v) is 3.58. The molecular weight excluding hydrogens is 164 g/mol. The van der Waals surface area contributed by atoms with Crippen LogP contribution in [0.25, 0.3) is 0 Å². The first-order chi connectivity index (χ1) is 6.74. The van der Waals surface area contributed by atoms with Crippen LogP contribution in [0.3, 0.4) is 0 Å². The molecule has 1 aromatic rings. The summed E-state index contributed by atoms with van der Waals surface area (Å²) < 4.78 is 7.11. The summed E-state index contributed by atoms with van der Waals surface area (Å²) in [5.74, 6) is -0.204. The largest absolute Gasteiger partial charge is 0.393 e.